The van der Waals surface area contributed by atoms with Gasteiger partial charge in [-0.2, -0.15) is 5.26 Å². The lowest BCUT2D eigenvalue weighted by molar-refractivity contribution is -0.139. The zero-order valence-electron chi connectivity index (χ0n) is 23.5. The van der Waals surface area contributed by atoms with Crippen molar-refractivity contribution in [2.45, 2.75) is 33.4 Å². The minimum Gasteiger partial charge on any atom is -0.494 e. The Morgan fingerprint density at radius 1 is 1.02 bits per heavy atom. The van der Waals surface area contributed by atoms with Crippen LogP contribution in [0.1, 0.15) is 49.1 Å². The van der Waals surface area contributed by atoms with Crippen LogP contribution in [0, 0.1) is 11.3 Å². The number of fused-ring (bicyclic) bond motifs is 1. The molecular weight excluding hydrogens is 550 g/mol. The topological polar surface area (TPSA) is 103 Å². The lowest BCUT2D eigenvalue weighted by atomic mass is 9.95. The molecule has 4 aromatic rings. The first-order chi connectivity index (χ1) is 20.4. The summed E-state index contributed by atoms with van der Waals surface area (Å²) in [6, 6.07) is 23.5. The van der Waals surface area contributed by atoms with Crippen molar-refractivity contribution in [3.05, 3.63) is 126 Å². The van der Waals surface area contributed by atoms with E-state index in [1.807, 2.05) is 73.7 Å². The number of para-hydroxylation sites is 1. The molecule has 0 amide bonds. The number of carbonyl (C=O) groups excluding carboxylic acids is 1. The van der Waals surface area contributed by atoms with Crippen molar-refractivity contribution < 1.29 is 19.0 Å². The first-order valence-electron chi connectivity index (χ1n) is 13.6. The average molecular weight is 580 g/mol. The molecule has 2 heterocycles. The van der Waals surface area contributed by atoms with Gasteiger partial charge < -0.3 is 14.2 Å². The molecule has 9 heteroatoms. The third-order valence-corrected chi connectivity index (χ3v) is 7.72. The van der Waals surface area contributed by atoms with Crippen LogP contribution in [0.5, 0.6) is 11.5 Å². The Hall–Kier alpha value is -4.94. The fourth-order valence-electron chi connectivity index (χ4n) is 4.81. The summed E-state index contributed by atoms with van der Waals surface area (Å²) < 4.78 is 19.2. The van der Waals surface area contributed by atoms with E-state index in [0.717, 1.165) is 11.1 Å². The van der Waals surface area contributed by atoms with Gasteiger partial charge in [-0.1, -0.05) is 59.9 Å². The van der Waals surface area contributed by atoms with Crippen molar-refractivity contribution >= 4 is 23.4 Å². The van der Waals surface area contributed by atoms with Gasteiger partial charge in [0.05, 0.1) is 40.6 Å². The second kappa shape index (κ2) is 12.7. The standard InChI is InChI=1S/C33H29N3O5S/c1-4-39-27-13-9-8-12-26(27)30-29(32(38)40-5-2)21(3)35-33-36(30)31(37)28(42-33)18-22-14-16-25(17-15-22)41-20-24-11-7-6-10-23(24)19-34/h6-18,30H,4-5,20H2,1-3H3/b28-18-/t30-/m1/s1. The largest absolute Gasteiger partial charge is 0.494 e. The molecule has 212 valence electrons. The van der Waals surface area contributed by atoms with Gasteiger partial charge in [0.25, 0.3) is 5.56 Å². The first kappa shape index (κ1) is 28.6. The van der Waals surface area contributed by atoms with Gasteiger partial charge in [-0.25, -0.2) is 9.79 Å². The van der Waals surface area contributed by atoms with Crippen molar-refractivity contribution in [2.24, 2.45) is 4.99 Å². The molecule has 1 atom stereocenters. The third kappa shape index (κ3) is 5.76. The number of benzene rings is 3. The molecule has 8 nitrogen and oxygen atoms in total. The Labute approximate surface area is 247 Å². The highest BCUT2D eigenvalue weighted by atomic mass is 32.1. The number of nitriles is 1. The predicted molar refractivity (Wildman–Crippen MR) is 160 cm³/mol. The van der Waals surface area contributed by atoms with Gasteiger partial charge in [-0.3, -0.25) is 9.36 Å². The van der Waals surface area contributed by atoms with Gasteiger partial charge >= 0.3 is 5.97 Å². The highest BCUT2D eigenvalue weighted by molar-refractivity contribution is 7.07. The number of thiazole rings is 1. The van der Waals surface area contributed by atoms with Gasteiger partial charge in [0.1, 0.15) is 24.1 Å². The maximum atomic E-state index is 13.9. The van der Waals surface area contributed by atoms with Crippen molar-refractivity contribution in [1.82, 2.24) is 4.57 Å². The summed E-state index contributed by atoms with van der Waals surface area (Å²) in [5.74, 6) is 0.713. The molecule has 0 spiro atoms. The third-order valence-electron chi connectivity index (χ3n) is 6.74. The van der Waals surface area contributed by atoms with E-state index in [1.54, 1.807) is 30.6 Å². The second-order valence-electron chi connectivity index (χ2n) is 9.40. The van der Waals surface area contributed by atoms with Crippen LogP contribution in [-0.4, -0.2) is 23.8 Å². The van der Waals surface area contributed by atoms with Crippen molar-refractivity contribution in [2.75, 3.05) is 13.2 Å². The van der Waals surface area contributed by atoms with Gasteiger partial charge in [-0.05, 0) is 56.7 Å². The van der Waals surface area contributed by atoms with E-state index in [1.165, 1.54) is 11.3 Å². The van der Waals surface area contributed by atoms with Gasteiger partial charge in [-0.15, -0.1) is 0 Å². The maximum Gasteiger partial charge on any atom is 0.338 e. The van der Waals surface area contributed by atoms with Crippen LogP contribution >= 0.6 is 11.3 Å². The SMILES string of the molecule is CCOC(=O)C1=C(C)N=c2s/c(=C\c3ccc(OCc4ccccc4C#N)cc3)c(=O)n2[C@@H]1c1ccccc1OCC. The quantitative estimate of drug-likeness (QED) is 0.268. The molecule has 1 aromatic heterocycles. The minimum atomic E-state index is -0.753. The smallest absolute Gasteiger partial charge is 0.338 e. The summed E-state index contributed by atoms with van der Waals surface area (Å²) in [4.78, 5) is 32.2. The molecule has 0 bridgehead atoms. The Kier molecular flexibility index (Phi) is 8.65. The molecular formula is C33H29N3O5S. The fourth-order valence-corrected chi connectivity index (χ4v) is 5.85. The summed E-state index contributed by atoms with van der Waals surface area (Å²) in [5.41, 5.74) is 3.41. The van der Waals surface area contributed by atoms with Crippen LogP contribution in [-0.2, 0) is 16.1 Å². The average Bonchev–Trinajstić information content (AvgIpc) is 3.30. The molecule has 0 radical (unpaired) electrons. The highest BCUT2D eigenvalue weighted by Crippen LogP contribution is 2.35. The number of ether oxygens (including phenoxy) is 3. The number of nitrogens with zero attached hydrogens (tertiary/aromatic N) is 3. The Bertz CT molecular complexity index is 1880. The van der Waals surface area contributed by atoms with E-state index in [9.17, 15) is 14.9 Å². The summed E-state index contributed by atoms with van der Waals surface area (Å²) in [6.07, 6.45) is 1.80. The molecule has 0 saturated carbocycles. The van der Waals surface area contributed by atoms with E-state index in [2.05, 4.69) is 11.1 Å². The molecule has 42 heavy (non-hydrogen) atoms. The van der Waals surface area contributed by atoms with Crippen LogP contribution in [0.25, 0.3) is 6.08 Å². The molecule has 5 rings (SSSR count). The molecule has 0 aliphatic carbocycles. The normalized spacial score (nSPS) is 14.5. The number of esters is 1. The molecule has 1 aliphatic rings. The summed E-state index contributed by atoms with van der Waals surface area (Å²) >= 11 is 1.26. The van der Waals surface area contributed by atoms with Crippen LogP contribution in [0.4, 0.5) is 0 Å². The first-order valence-corrected chi connectivity index (χ1v) is 14.4. The predicted octanol–water partition coefficient (Wildman–Crippen LogP) is 4.65. The van der Waals surface area contributed by atoms with E-state index in [0.29, 0.717) is 49.8 Å². The van der Waals surface area contributed by atoms with E-state index >= 15 is 0 Å². The molecule has 3 aromatic carbocycles. The number of carbonyl (C=O) groups is 1. The Morgan fingerprint density at radius 2 is 1.76 bits per heavy atom. The molecule has 1 aliphatic heterocycles. The summed E-state index contributed by atoms with van der Waals surface area (Å²) in [7, 11) is 0. The minimum absolute atomic E-state index is 0.199. The molecule has 0 N–H and O–H groups in total. The van der Waals surface area contributed by atoms with Crippen LogP contribution < -0.4 is 24.4 Å². The highest BCUT2D eigenvalue weighted by Gasteiger charge is 2.35. The van der Waals surface area contributed by atoms with Crippen molar-refractivity contribution in [1.29, 1.82) is 5.26 Å². The monoisotopic (exact) mass is 579 g/mol. The van der Waals surface area contributed by atoms with E-state index < -0.39 is 12.0 Å². The lowest BCUT2D eigenvalue weighted by Crippen LogP contribution is -2.40. The number of aromatic nitrogens is 1. The molecule has 0 fully saturated rings. The van der Waals surface area contributed by atoms with Crippen molar-refractivity contribution in [3.63, 3.8) is 0 Å². The zero-order valence-corrected chi connectivity index (χ0v) is 24.3. The number of hydrogen-bond acceptors (Lipinski definition) is 8. The number of allylic oxidation sites excluding steroid dienone is 1. The van der Waals surface area contributed by atoms with Crippen molar-refractivity contribution in [3.8, 4) is 17.6 Å². The maximum absolute atomic E-state index is 13.9. The molecule has 0 unspecified atom stereocenters. The van der Waals surface area contributed by atoms with Crippen LogP contribution in [0.2, 0.25) is 0 Å². The van der Waals surface area contributed by atoms with Gasteiger partial charge in [0, 0.05) is 11.1 Å². The Balaban J connectivity index is 1.52. The van der Waals surface area contributed by atoms with Gasteiger partial charge in [0.15, 0.2) is 4.80 Å². The second-order valence-corrected chi connectivity index (χ2v) is 10.4. The fraction of sp³-hybridized carbons (Fsp3) is 0.212. The Morgan fingerprint density at radius 3 is 2.50 bits per heavy atom. The van der Waals surface area contributed by atoms with Gasteiger partial charge in [0.2, 0.25) is 0 Å². The molecule has 0 saturated heterocycles. The van der Waals surface area contributed by atoms with Crippen LogP contribution in [0.15, 0.2) is 93.9 Å². The number of rotatable bonds is 9. The summed E-state index contributed by atoms with van der Waals surface area (Å²) in [5, 5.41) is 9.30. The lowest BCUT2D eigenvalue weighted by Gasteiger charge is -2.26. The summed E-state index contributed by atoms with van der Waals surface area (Å²) in [6.45, 7) is 6.29. The number of hydrogen-bond donors (Lipinski definition) is 0. The van der Waals surface area contributed by atoms with E-state index in [4.69, 9.17) is 14.2 Å². The van der Waals surface area contributed by atoms with E-state index in [-0.39, 0.29) is 18.8 Å². The van der Waals surface area contributed by atoms with Crippen LogP contribution in [0.3, 0.4) is 0 Å². The zero-order chi connectivity index (χ0) is 29.6.